The average Bonchev–Trinajstić information content (AvgIpc) is 3.07. The van der Waals surface area contributed by atoms with Crippen molar-refractivity contribution in [1.29, 1.82) is 5.26 Å². The number of hydrogen-bond acceptors (Lipinski definition) is 5. The predicted molar refractivity (Wildman–Crippen MR) is 109 cm³/mol. The van der Waals surface area contributed by atoms with Gasteiger partial charge in [-0.05, 0) is 42.5 Å². The normalized spacial score (nSPS) is 16.6. The fourth-order valence-corrected chi connectivity index (χ4v) is 4.85. The zero-order chi connectivity index (χ0) is 19.4. The van der Waals surface area contributed by atoms with Crippen LogP contribution in [0.15, 0.2) is 46.3 Å². The molecule has 3 rings (SSSR count). The van der Waals surface area contributed by atoms with E-state index in [2.05, 4.69) is 16.7 Å². The van der Waals surface area contributed by atoms with Gasteiger partial charge in [-0.1, -0.05) is 30.0 Å². The van der Waals surface area contributed by atoms with Gasteiger partial charge in [0.15, 0.2) is 0 Å². The molecule has 1 aliphatic rings. The molecule has 27 heavy (non-hydrogen) atoms. The molecule has 0 aliphatic carbocycles. The van der Waals surface area contributed by atoms with E-state index in [-0.39, 0.29) is 29.9 Å². The Morgan fingerprint density at radius 3 is 2.78 bits per heavy atom. The number of nitrogens with one attached hydrogen (secondary N) is 2. The number of carbonyl (C=O) groups excluding carboxylic acids is 2. The van der Waals surface area contributed by atoms with Crippen LogP contribution >= 0.6 is 23.1 Å². The van der Waals surface area contributed by atoms with Gasteiger partial charge in [-0.2, -0.15) is 5.26 Å². The summed E-state index contributed by atoms with van der Waals surface area (Å²) in [5.41, 5.74) is 3.34. The van der Waals surface area contributed by atoms with E-state index in [1.165, 1.54) is 11.8 Å². The second-order valence-electron chi connectivity index (χ2n) is 6.28. The van der Waals surface area contributed by atoms with E-state index in [0.717, 1.165) is 21.7 Å². The van der Waals surface area contributed by atoms with Gasteiger partial charge in [-0.3, -0.25) is 9.59 Å². The topological polar surface area (TPSA) is 82.0 Å². The number of allylic oxidation sites excluding steroid dienone is 1. The molecule has 0 saturated heterocycles. The van der Waals surface area contributed by atoms with E-state index in [1.807, 2.05) is 49.6 Å². The minimum Gasteiger partial charge on any atom is -0.325 e. The molecule has 5 nitrogen and oxygen atoms in total. The Balaban J connectivity index is 1.75. The zero-order valence-corrected chi connectivity index (χ0v) is 16.7. The standard InChI is InChI=1S/C20H19N3O2S2/c1-12-5-3-4-6-16(12)22-18(25)11-27-20-15(10-21)14(9-17(24)23-20)19-13(2)7-8-26-19/h3-8,14H,9,11H2,1-2H3,(H,22,25)(H,23,24)/t14-/m0/s1. The molecular weight excluding hydrogens is 378 g/mol. The highest BCUT2D eigenvalue weighted by atomic mass is 32.2. The van der Waals surface area contributed by atoms with Gasteiger partial charge in [0, 0.05) is 22.9 Å². The molecule has 0 fully saturated rings. The molecule has 0 bridgehead atoms. The van der Waals surface area contributed by atoms with Gasteiger partial charge in [-0.25, -0.2) is 0 Å². The molecule has 1 aliphatic heterocycles. The molecule has 2 aromatic rings. The Bertz CT molecular complexity index is 956. The molecule has 2 N–H and O–H groups in total. The maximum atomic E-state index is 12.3. The van der Waals surface area contributed by atoms with Crippen LogP contribution in [0.1, 0.15) is 28.3 Å². The van der Waals surface area contributed by atoms with Crippen LogP contribution in [0.3, 0.4) is 0 Å². The second-order valence-corrected chi connectivity index (χ2v) is 8.21. The first kappa shape index (κ1) is 19.2. The number of anilines is 1. The first-order valence-electron chi connectivity index (χ1n) is 8.46. The van der Waals surface area contributed by atoms with Gasteiger partial charge in [0.25, 0.3) is 0 Å². The van der Waals surface area contributed by atoms with Crippen molar-refractivity contribution >= 4 is 40.6 Å². The van der Waals surface area contributed by atoms with Gasteiger partial charge in [0.05, 0.1) is 22.4 Å². The van der Waals surface area contributed by atoms with E-state index in [4.69, 9.17) is 0 Å². The maximum absolute atomic E-state index is 12.3. The summed E-state index contributed by atoms with van der Waals surface area (Å²) < 4.78 is 0. The van der Waals surface area contributed by atoms with Crippen molar-refractivity contribution in [3.63, 3.8) is 0 Å². The van der Waals surface area contributed by atoms with Crippen molar-refractivity contribution in [3.05, 3.63) is 62.3 Å². The van der Waals surface area contributed by atoms with Crippen LogP contribution in [-0.4, -0.2) is 17.6 Å². The molecule has 0 spiro atoms. The van der Waals surface area contributed by atoms with Gasteiger partial charge in [0.1, 0.15) is 0 Å². The third kappa shape index (κ3) is 4.41. The monoisotopic (exact) mass is 397 g/mol. The first-order chi connectivity index (χ1) is 13.0. The Hall–Kier alpha value is -2.56. The summed E-state index contributed by atoms with van der Waals surface area (Å²) in [5.74, 6) is -0.437. The SMILES string of the molecule is Cc1ccccc1NC(=O)CSC1=C(C#N)[C@@H](c2sccc2C)CC(=O)N1. The van der Waals surface area contributed by atoms with Crippen LogP contribution in [0.4, 0.5) is 5.69 Å². The summed E-state index contributed by atoms with van der Waals surface area (Å²) in [7, 11) is 0. The molecule has 2 heterocycles. The number of thiophene rings is 1. The summed E-state index contributed by atoms with van der Waals surface area (Å²) in [6, 6.07) is 11.8. The van der Waals surface area contributed by atoms with Crippen molar-refractivity contribution in [1.82, 2.24) is 5.32 Å². The lowest BCUT2D eigenvalue weighted by molar-refractivity contribution is -0.121. The lowest BCUT2D eigenvalue weighted by Crippen LogP contribution is -2.31. The molecule has 1 atom stereocenters. The Morgan fingerprint density at radius 2 is 2.11 bits per heavy atom. The highest BCUT2D eigenvalue weighted by molar-refractivity contribution is 8.03. The van der Waals surface area contributed by atoms with Crippen LogP contribution in [0.25, 0.3) is 0 Å². The number of thioether (sulfide) groups is 1. The molecule has 0 radical (unpaired) electrons. The molecule has 1 aromatic carbocycles. The minimum atomic E-state index is -0.245. The van der Waals surface area contributed by atoms with Crippen molar-refractivity contribution in [2.24, 2.45) is 0 Å². The lowest BCUT2D eigenvalue weighted by Gasteiger charge is -2.24. The smallest absolute Gasteiger partial charge is 0.234 e. The van der Waals surface area contributed by atoms with Crippen molar-refractivity contribution in [2.75, 3.05) is 11.1 Å². The van der Waals surface area contributed by atoms with Crippen LogP contribution < -0.4 is 10.6 Å². The van der Waals surface area contributed by atoms with Gasteiger partial charge in [0.2, 0.25) is 11.8 Å². The van der Waals surface area contributed by atoms with Crippen LogP contribution in [0.2, 0.25) is 0 Å². The molecule has 0 unspecified atom stereocenters. The quantitative estimate of drug-likeness (QED) is 0.797. The van der Waals surface area contributed by atoms with E-state index in [9.17, 15) is 14.9 Å². The highest BCUT2D eigenvalue weighted by Crippen LogP contribution is 2.39. The van der Waals surface area contributed by atoms with Crippen LogP contribution in [0.5, 0.6) is 0 Å². The van der Waals surface area contributed by atoms with E-state index in [1.54, 1.807) is 11.3 Å². The number of nitriles is 1. The maximum Gasteiger partial charge on any atom is 0.234 e. The average molecular weight is 398 g/mol. The highest BCUT2D eigenvalue weighted by Gasteiger charge is 2.31. The van der Waals surface area contributed by atoms with E-state index >= 15 is 0 Å². The first-order valence-corrected chi connectivity index (χ1v) is 10.3. The Labute approximate surface area is 166 Å². The third-order valence-electron chi connectivity index (χ3n) is 4.34. The molecule has 7 heteroatoms. The van der Waals surface area contributed by atoms with Crippen molar-refractivity contribution in [3.8, 4) is 6.07 Å². The fourth-order valence-electron chi connectivity index (χ4n) is 2.94. The van der Waals surface area contributed by atoms with Gasteiger partial charge >= 0.3 is 0 Å². The molecule has 0 saturated carbocycles. The van der Waals surface area contributed by atoms with E-state index in [0.29, 0.717) is 10.6 Å². The van der Waals surface area contributed by atoms with Crippen LogP contribution in [0, 0.1) is 25.2 Å². The fraction of sp³-hybridized carbons (Fsp3) is 0.250. The lowest BCUT2D eigenvalue weighted by atomic mass is 9.91. The molecule has 2 amide bonds. The number of hydrogen-bond donors (Lipinski definition) is 2. The largest absolute Gasteiger partial charge is 0.325 e. The minimum absolute atomic E-state index is 0.116. The number of carbonyl (C=O) groups is 2. The number of rotatable bonds is 5. The number of para-hydroxylation sites is 1. The predicted octanol–water partition coefficient (Wildman–Crippen LogP) is 4.08. The summed E-state index contributed by atoms with van der Waals surface area (Å²) in [6.45, 7) is 3.91. The molecule has 138 valence electrons. The third-order valence-corrected chi connectivity index (χ3v) is 6.49. The zero-order valence-electron chi connectivity index (χ0n) is 15.0. The summed E-state index contributed by atoms with van der Waals surface area (Å²) in [4.78, 5) is 25.5. The molecule has 1 aromatic heterocycles. The Kier molecular flexibility index (Phi) is 5.99. The number of benzene rings is 1. The summed E-state index contributed by atoms with van der Waals surface area (Å²) >= 11 is 2.74. The summed E-state index contributed by atoms with van der Waals surface area (Å²) in [6.07, 6.45) is 0.254. The van der Waals surface area contributed by atoms with E-state index < -0.39 is 0 Å². The summed E-state index contributed by atoms with van der Waals surface area (Å²) in [5, 5.41) is 17.8. The van der Waals surface area contributed by atoms with Crippen molar-refractivity contribution < 1.29 is 9.59 Å². The number of aryl methyl sites for hydroxylation is 2. The van der Waals surface area contributed by atoms with Gasteiger partial charge in [-0.15, -0.1) is 11.3 Å². The number of amides is 2. The van der Waals surface area contributed by atoms with Gasteiger partial charge < -0.3 is 10.6 Å². The molecular formula is C20H19N3O2S2. The second kappa shape index (κ2) is 8.42. The Morgan fingerprint density at radius 1 is 1.33 bits per heavy atom. The van der Waals surface area contributed by atoms with Crippen LogP contribution in [-0.2, 0) is 9.59 Å². The number of nitrogens with zero attached hydrogens (tertiary/aromatic N) is 1. The van der Waals surface area contributed by atoms with Crippen molar-refractivity contribution in [2.45, 2.75) is 26.2 Å².